The highest BCUT2D eigenvalue weighted by Crippen LogP contribution is 2.21. The summed E-state index contributed by atoms with van der Waals surface area (Å²) in [6.45, 7) is 8.53. The number of esters is 1. The van der Waals surface area contributed by atoms with E-state index >= 15 is 0 Å². The number of hydrogen-bond acceptors (Lipinski definition) is 8. The number of likely N-dealkylation sites (tertiary alicyclic amines) is 1. The van der Waals surface area contributed by atoms with Crippen LogP contribution < -0.4 is 16.0 Å². The summed E-state index contributed by atoms with van der Waals surface area (Å²) in [7, 11) is 3.03. The summed E-state index contributed by atoms with van der Waals surface area (Å²) in [5.74, 6) is -2.16. The van der Waals surface area contributed by atoms with Crippen molar-refractivity contribution >= 4 is 29.8 Å². The molecule has 246 valence electrons. The number of benzene rings is 1. The van der Waals surface area contributed by atoms with Crippen molar-refractivity contribution in [1.82, 2.24) is 30.4 Å². The number of ether oxygens (including phenoxy) is 2. The molecular formula is C32H46N6O7. The molecule has 0 spiro atoms. The first-order valence-electron chi connectivity index (χ1n) is 15.1. The lowest BCUT2D eigenvalue weighted by atomic mass is 9.96. The van der Waals surface area contributed by atoms with E-state index in [9.17, 15) is 24.0 Å². The molecule has 1 aromatic carbocycles. The van der Waals surface area contributed by atoms with E-state index < -0.39 is 59.0 Å². The summed E-state index contributed by atoms with van der Waals surface area (Å²) in [5.41, 5.74) is -0.685. The fraction of sp³-hybridized carbons (Fsp3) is 0.562. The molecule has 0 radical (unpaired) electrons. The van der Waals surface area contributed by atoms with Gasteiger partial charge in [0.2, 0.25) is 17.7 Å². The minimum absolute atomic E-state index is 0.129. The van der Waals surface area contributed by atoms with E-state index in [1.54, 1.807) is 44.9 Å². The number of carbonyl (C=O) groups is 5. The van der Waals surface area contributed by atoms with Gasteiger partial charge in [-0.2, -0.15) is 0 Å². The molecule has 0 aliphatic carbocycles. The van der Waals surface area contributed by atoms with Crippen LogP contribution in [-0.4, -0.2) is 87.2 Å². The first kappa shape index (κ1) is 35.1. The molecule has 1 aliphatic rings. The quantitative estimate of drug-likeness (QED) is 0.320. The Kier molecular flexibility index (Phi) is 11.7. The van der Waals surface area contributed by atoms with Crippen LogP contribution in [0.2, 0.25) is 0 Å². The standard InChI is InChI=1S/C32H46N6O7/c1-31(2,3)45-30(43)35-23(18-22-19-33-20-37(22)6)27(40)38-16-12-11-15-25(38)26(39)36-32(4,5)29(42)34-24(28(41)44-7)17-21-13-9-8-10-14-21/h8-10,13-14,19-20,23-25H,11-12,15-18H2,1-7H3,(H,34,42)(H,35,43)(H,36,39)/t23-,24-,25+/m0/s1. The lowest BCUT2D eigenvalue weighted by Crippen LogP contribution is -2.63. The van der Waals surface area contributed by atoms with E-state index in [4.69, 9.17) is 9.47 Å². The Hall–Kier alpha value is -4.42. The fourth-order valence-electron chi connectivity index (χ4n) is 5.08. The number of aryl methyl sites for hydroxylation is 1. The Morgan fingerprint density at radius 3 is 2.27 bits per heavy atom. The van der Waals surface area contributed by atoms with Crippen LogP contribution in [-0.2, 0) is 48.5 Å². The molecule has 1 aliphatic heterocycles. The highest BCUT2D eigenvalue weighted by molar-refractivity contribution is 5.96. The third kappa shape index (κ3) is 10.0. The van der Waals surface area contributed by atoms with Crippen LogP contribution >= 0.6 is 0 Å². The molecule has 1 fully saturated rings. The lowest BCUT2D eigenvalue weighted by Gasteiger charge is -2.38. The number of aromatic nitrogens is 2. The predicted molar refractivity (Wildman–Crippen MR) is 166 cm³/mol. The predicted octanol–water partition coefficient (Wildman–Crippen LogP) is 2.03. The van der Waals surface area contributed by atoms with Crippen molar-refractivity contribution in [3.05, 3.63) is 54.1 Å². The molecule has 13 heteroatoms. The van der Waals surface area contributed by atoms with Crippen molar-refractivity contribution in [3.63, 3.8) is 0 Å². The van der Waals surface area contributed by atoms with Crippen molar-refractivity contribution in [1.29, 1.82) is 0 Å². The third-order valence-electron chi connectivity index (χ3n) is 7.48. The maximum absolute atomic E-state index is 14.0. The van der Waals surface area contributed by atoms with Gasteiger partial charge in [-0.15, -0.1) is 0 Å². The SMILES string of the molecule is COC(=O)[C@H](Cc1ccccc1)NC(=O)C(C)(C)NC(=O)[C@H]1CCCCN1C(=O)[C@H](Cc1cncn1C)NC(=O)OC(C)(C)C. The normalized spacial score (nSPS) is 16.6. The van der Waals surface area contributed by atoms with Crippen LogP contribution in [0.25, 0.3) is 0 Å². The molecule has 3 rings (SSSR count). The fourth-order valence-corrected chi connectivity index (χ4v) is 5.08. The van der Waals surface area contributed by atoms with Gasteiger partial charge in [0.1, 0.15) is 29.3 Å². The van der Waals surface area contributed by atoms with E-state index in [2.05, 4.69) is 20.9 Å². The Morgan fingerprint density at radius 1 is 0.978 bits per heavy atom. The van der Waals surface area contributed by atoms with Crippen LogP contribution in [0.3, 0.4) is 0 Å². The molecule has 3 atom stereocenters. The van der Waals surface area contributed by atoms with Gasteiger partial charge in [-0.1, -0.05) is 30.3 Å². The number of carbonyl (C=O) groups excluding carboxylic acids is 5. The zero-order chi connectivity index (χ0) is 33.4. The average molecular weight is 627 g/mol. The Morgan fingerprint density at radius 2 is 1.67 bits per heavy atom. The zero-order valence-electron chi connectivity index (χ0n) is 27.2. The lowest BCUT2D eigenvalue weighted by molar-refractivity contribution is -0.147. The van der Waals surface area contributed by atoms with Crippen LogP contribution in [0, 0.1) is 0 Å². The van der Waals surface area contributed by atoms with Gasteiger partial charge in [0.05, 0.1) is 13.4 Å². The second kappa shape index (κ2) is 15.0. The number of amides is 4. The number of imidazole rings is 1. The van der Waals surface area contributed by atoms with Gasteiger partial charge in [-0.3, -0.25) is 14.4 Å². The number of hydrogen-bond donors (Lipinski definition) is 3. The molecule has 0 saturated carbocycles. The molecule has 13 nitrogen and oxygen atoms in total. The number of nitrogens with zero attached hydrogens (tertiary/aromatic N) is 3. The maximum atomic E-state index is 14.0. The van der Waals surface area contributed by atoms with Gasteiger partial charge in [0.25, 0.3) is 0 Å². The van der Waals surface area contributed by atoms with E-state index in [0.717, 1.165) is 5.56 Å². The third-order valence-corrected chi connectivity index (χ3v) is 7.48. The topological polar surface area (TPSA) is 161 Å². The second-order valence-corrected chi connectivity index (χ2v) is 12.8. The van der Waals surface area contributed by atoms with Crippen molar-refractivity contribution in [2.45, 2.75) is 96.0 Å². The molecule has 45 heavy (non-hydrogen) atoms. The van der Waals surface area contributed by atoms with Gasteiger partial charge in [-0.25, -0.2) is 14.6 Å². The number of piperidine rings is 1. The molecule has 1 saturated heterocycles. The summed E-state index contributed by atoms with van der Waals surface area (Å²) in [5, 5.41) is 8.17. The van der Waals surface area contributed by atoms with E-state index in [0.29, 0.717) is 31.5 Å². The monoisotopic (exact) mass is 626 g/mol. The van der Waals surface area contributed by atoms with Crippen molar-refractivity contribution in [2.75, 3.05) is 13.7 Å². The minimum Gasteiger partial charge on any atom is -0.467 e. The molecule has 0 unspecified atom stereocenters. The molecule has 2 aromatic rings. The molecule has 4 amide bonds. The number of nitrogens with one attached hydrogen (secondary N) is 3. The van der Waals surface area contributed by atoms with E-state index in [1.807, 2.05) is 30.3 Å². The Balaban J connectivity index is 1.76. The molecule has 1 aromatic heterocycles. The number of methoxy groups -OCH3 is 1. The zero-order valence-corrected chi connectivity index (χ0v) is 27.2. The first-order chi connectivity index (χ1) is 21.1. The smallest absolute Gasteiger partial charge is 0.408 e. The van der Waals surface area contributed by atoms with Gasteiger partial charge in [0, 0.05) is 38.3 Å². The largest absolute Gasteiger partial charge is 0.467 e. The van der Waals surface area contributed by atoms with E-state index in [-0.39, 0.29) is 12.8 Å². The molecular weight excluding hydrogens is 580 g/mol. The molecule has 3 N–H and O–H groups in total. The summed E-state index contributed by atoms with van der Waals surface area (Å²) < 4.78 is 12.1. The van der Waals surface area contributed by atoms with Gasteiger partial charge in [0.15, 0.2) is 0 Å². The number of rotatable bonds is 11. The summed E-state index contributed by atoms with van der Waals surface area (Å²) in [6, 6.07) is 6.30. The van der Waals surface area contributed by atoms with E-state index in [1.165, 1.54) is 25.9 Å². The summed E-state index contributed by atoms with van der Waals surface area (Å²) >= 11 is 0. The highest BCUT2D eigenvalue weighted by Gasteiger charge is 2.40. The molecule has 2 heterocycles. The van der Waals surface area contributed by atoms with Crippen molar-refractivity contribution in [2.24, 2.45) is 7.05 Å². The van der Waals surface area contributed by atoms with Crippen molar-refractivity contribution < 1.29 is 33.4 Å². The van der Waals surface area contributed by atoms with Crippen LogP contribution in [0.15, 0.2) is 42.9 Å². The van der Waals surface area contributed by atoms with Gasteiger partial charge < -0.3 is 34.9 Å². The minimum atomic E-state index is -1.44. The van der Waals surface area contributed by atoms with Crippen LogP contribution in [0.5, 0.6) is 0 Å². The highest BCUT2D eigenvalue weighted by atomic mass is 16.6. The summed E-state index contributed by atoms with van der Waals surface area (Å²) in [6.07, 6.45) is 4.53. The van der Waals surface area contributed by atoms with Crippen molar-refractivity contribution in [3.8, 4) is 0 Å². The summed E-state index contributed by atoms with van der Waals surface area (Å²) in [4.78, 5) is 71.9. The second-order valence-electron chi connectivity index (χ2n) is 12.8. The average Bonchev–Trinajstić information content (AvgIpc) is 3.38. The molecule has 0 bridgehead atoms. The van der Waals surface area contributed by atoms with Crippen LogP contribution in [0.1, 0.15) is 65.1 Å². The first-order valence-corrected chi connectivity index (χ1v) is 15.1. The number of alkyl carbamates (subject to hydrolysis) is 1. The van der Waals surface area contributed by atoms with Gasteiger partial charge >= 0.3 is 12.1 Å². The Labute approximate surface area is 264 Å². The van der Waals surface area contributed by atoms with Gasteiger partial charge in [-0.05, 0) is 59.4 Å². The van der Waals surface area contributed by atoms with Crippen LogP contribution in [0.4, 0.5) is 4.79 Å². The maximum Gasteiger partial charge on any atom is 0.408 e. The Bertz CT molecular complexity index is 1350.